The number of rotatable bonds is 4. The Morgan fingerprint density at radius 1 is 1.45 bits per heavy atom. The van der Waals surface area contributed by atoms with Crippen molar-refractivity contribution in [2.45, 2.75) is 6.54 Å². The van der Waals surface area contributed by atoms with E-state index in [9.17, 15) is 14.0 Å². The third-order valence-corrected chi connectivity index (χ3v) is 2.83. The normalized spacial score (nSPS) is 10.3. The molecule has 0 saturated heterocycles. The van der Waals surface area contributed by atoms with E-state index in [0.717, 1.165) is 6.33 Å². The minimum Gasteiger partial charge on any atom is -0.477 e. The average molecular weight is 298 g/mol. The summed E-state index contributed by atoms with van der Waals surface area (Å²) in [6, 6.07) is 4.40. The second-order valence-electron chi connectivity index (χ2n) is 3.83. The number of carboxylic acid groups (broad SMARTS) is 1. The van der Waals surface area contributed by atoms with E-state index in [4.69, 9.17) is 16.7 Å². The van der Waals surface area contributed by atoms with E-state index in [1.165, 1.54) is 12.1 Å². The van der Waals surface area contributed by atoms with Gasteiger partial charge >= 0.3 is 5.97 Å². The molecule has 1 amide bonds. The van der Waals surface area contributed by atoms with E-state index in [1.54, 1.807) is 6.07 Å². The molecule has 0 fully saturated rings. The molecule has 0 aliphatic heterocycles. The highest BCUT2D eigenvalue weighted by Crippen LogP contribution is 2.17. The Kier molecular flexibility index (Phi) is 3.99. The van der Waals surface area contributed by atoms with Gasteiger partial charge in [-0.2, -0.15) is 0 Å². The van der Waals surface area contributed by atoms with Crippen molar-refractivity contribution in [3.63, 3.8) is 0 Å². The van der Waals surface area contributed by atoms with Gasteiger partial charge in [0.25, 0.3) is 5.91 Å². The van der Waals surface area contributed by atoms with E-state index in [0.29, 0.717) is 0 Å². The maximum absolute atomic E-state index is 13.6. The molecule has 104 valence electrons. The molecule has 1 heterocycles. The van der Waals surface area contributed by atoms with Gasteiger partial charge in [-0.05, 0) is 6.07 Å². The molecule has 1 aromatic heterocycles. The third kappa shape index (κ3) is 2.77. The number of carbonyl (C=O) groups is 2. The van der Waals surface area contributed by atoms with Crippen molar-refractivity contribution in [2.24, 2.45) is 0 Å². The monoisotopic (exact) mass is 297 g/mol. The summed E-state index contributed by atoms with van der Waals surface area (Å²) in [5.74, 6) is -2.65. The van der Waals surface area contributed by atoms with Crippen LogP contribution in [-0.4, -0.2) is 27.0 Å². The van der Waals surface area contributed by atoms with Crippen molar-refractivity contribution in [1.29, 1.82) is 0 Å². The van der Waals surface area contributed by atoms with Crippen molar-refractivity contribution in [3.8, 4) is 0 Å². The lowest BCUT2D eigenvalue weighted by atomic mass is 10.2. The number of aromatic nitrogens is 2. The van der Waals surface area contributed by atoms with Crippen LogP contribution in [0.15, 0.2) is 24.5 Å². The number of halogens is 2. The van der Waals surface area contributed by atoms with Crippen molar-refractivity contribution >= 4 is 23.5 Å². The fourth-order valence-corrected chi connectivity index (χ4v) is 1.77. The van der Waals surface area contributed by atoms with Crippen LogP contribution in [0, 0.1) is 5.82 Å². The Balaban J connectivity index is 2.11. The molecule has 1 aromatic carbocycles. The van der Waals surface area contributed by atoms with Gasteiger partial charge in [-0.15, -0.1) is 0 Å². The lowest BCUT2D eigenvalue weighted by molar-refractivity contribution is 0.0685. The molecule has 0 aliphatic carbocycles. The summed E-state index contributed by atoms with van der Waals surface area (Å²) in [5, 5.41) is 11.2. The number of benzene rings is 1. The molecule has 0 bridgehead atoms. The first-order valence-electron chi connectivity index (χ1n) is 5.48. The topological polar surface area (TPSA) is 95.1 Å². The fourth-order valence-electron chi connectivity index (χ4n) is 1.57. The largest absolute Gasteiger partial charge is 0.477 e. The summed E-state index contributed by atoms with van der Waals surface area (Å²) in [4.78, 5) is 28.6. The Hall–Kier alpha value is -2.41. The van der Waals surface area contributed by atoms with Gasteiger partial charge in [0.2, 0.25) is 0 Å². The molecule has 8 heteroatoms. The molecule has 20 heavy (non-hydrogen) atoms. The van der Waals surface area contributed by atoms with E-state index in [1.807, 2.05) is 0 Å². The fraction of sp³-hybridized carbons (Fsp3) is 0.0833. The first-order valence-corrected chi connectivity index (χ1v) is 5.86. The minimum atomic E-state index is -1.30. The molecular formula is C12H9ClFN3O3. The predicted octanol–water partition coefficient (Wildman–Crippen LogP) is 1.83. The van der Waals surface area contributed by atoms with Gasteiger partial charge in [0.15, 0.2) is 11.4 Å². The number of aromatic amines is 1. The lowest BCUT2D eigenvalue weighted by Gasteiger charge is -2.06. The molecular weight excluding hydrogens is 289 g/mol. The van der Waals surface area contributed by atoms with Gasteiger partial charge in [0, 0.05) is 12.1 Å². The number of amides is 1. The summed E-state index contributed by atoms with van der Waals surface area (Å²) in [6.45, 7) is -0.128. The van der Waals surface area contributed by atoms with E-state index in [-0.39, 0.29) is 28.5 Å². The van der Waals surface area contributed by atoms with Gasteiger partial charge in [-0.25, -0.2) is 14.2 Å². The molecule has 2 rings (SSSR count). The van der Waals surface area contributed by atoms with Crippen molar-refractivity contribution < 1.29 is 19.1 Å². The highest BCUT2D eigenvalue weighted by atomic mass is 35.5. The van der Waals surface area contributed by atoms with Crippen molar-refractivity contribution in [1.82, 2.24) is 15.3 Å². The van der Waals surface area contributed by atoms with Crippen LogP contribution in [-0.2, 0) is 6.54 Å². The average Bonchev–Trinajstić information content (AvgIpc) is 2.89. The van der Waals surface area contributed by atoms with Crippen molar-refractivity contribution in [3.05, 3.63) is 52.3 Å². The molecule has 0 aliphatic rings. The number of H-pyrrole nitrogens is 1. The maximum atomic E-state index is 13.6. The highest BCUT2D eigenvalue weighted by Gasteiger charge is 2.19. The number of nitrogens with one attached hydrogen (secondary N) is 2. The smallest absolute Gasteiger partial charge is 0.354 e. The second kappa shape index (κ2) is 5.70. The Morgan fingerprint density at radius 3 is 2.90 bits per heavy atom. The van der Waals surface area contributed by atoms with E-state index >= 15 is 0 Å². The van der Waals surface area contributed by atoms with Crippen LogP contribution in [0.4, 0.5) is 4.39 Å². The second-order valence-corrected chi connectivity index (χ2v) is 4.23. The maximum Gasteiger partial charge on any atom is 0.354 e. The van der Waals surface area contributed by atoms with Gasteiger partial charge in [-0.3, -0.25) is 4.79 Å². The predicted molar refractivity (Wildman–Crippen MR) is 68.1 cm³/mol. The van der Waals surface area contributed by atoms with Gasteiger partial charge < -0.3 is 15.4 Å². The van der Waals surface area contributed by atoms with Gasteiger partial charge in [0.05, 0.1) is 11.3 Å². The molecule has 6 nitrogen and oxygen atoms in total. The van der Waals surface area contributed by atoms with Crippen LogP contribution in [0.25, 0.3) is 0 Å². The lowest BCUT2D eigenvalue weighted by Crippen LogP contribution is -2.25. The molecule has 0 saturated carbocycles. The van der Waals surface area contributed by atoms with Crippen molar-refractivity contribution in [2.75, 3.05) is 0 Å². The van der Waals surface area contributed by atoms with Crippen LogP contribution < -0.4 is 5.32 Å². The van der Waals surface area contributed by atoms with Crippen LogP contribution in [0.5, 0.6) is 0 Å². The van der Waals surface area contributed by atoms with Gasteiger partial charge in [-0.1, -0.05) is 23.7 Å². The number of hydrogen-bond donors (Lipinski definition) is 3. The minimum absolute atomic E-state index is 0.0530. The number of hydrogen-bond acceptors (Lipinski definition) is 3. The van der Waals surface area contributed by atoms with E-state index in [2.05, 4.69) is 15.3 Å². The molecule has 0 atom stereocenters. The molecule has 2 aromatic rings. The number of carbonyl (C=O) groups excluding carboxylic acids is 1. The summed E-state index contributed by atoms with van der Waals surface area (Å²) in [6.07, 6.45) is 1.10. The zero-order valence-corrected chi connectivity index (χ0v) is 10.7. The zero-order chi connectivity index (χ0) is 14.7. The van der Waals surface area contributed by atoms with Crippen LogP contribution >= 0.6 is 11.6 Å². The SMILES string of the molecule is O=C(NCc1cccc(Cl)c1F)c1nc[nH]c1C(=O)O. The van der Waals surface area contributed by atoms with Gasteiger partial charge in [0.1, 0.15) is 5.82 Å². The molecule has 0 radical (unpaired) electrons. The Bertz CT molecular complexity index is 672. The summed E-state index contributed by atoms with van der Waals surface area (Å²) >= 11 is 5.61. The summed E-state index contributed by atoms with van der Waals surface area (Å²) in [5.41, 5.74) is -0.396. The number of carboxylic acids is 1. The molecule has 0 spiro atoms. The first-order chi connectivity index (χ1) is 9.50. The number of imidazole rings is 1. The summed E-state index contributed by atoms with van der Waals surface area (Å²) in [7, 11) is 0. The highest BCUT2D eigenvalue weighted by molar-refractivity contribution is 6.30. The summed E-state index contributed by atoms with van der Waals surface area (Å²) < 4.78 is 13.6. The number of aromatic carboxylic acids is 1. The third-order valence-electron chi connectivity index (χ3n) is 2.54. The quantitative estimate of drug-likeness (QED) is 0.802. The van der Waals surface area contributed by atoms with Crippen LogP contribution in [0.2, 0.25) is 5.02 Å². The molecule has 0 unspecified atom stereocenters. The zero-order valence-electron chi connectivity index (χ0n) is 9.98. The molecule has 3 N–H and O–H groups in total. The first kappa shape index (κ1) is 14.0. The van der Waals surface area contributed by atoms with Crippen LogP contribution in [0.3, 0.4) is 0 Å². The number of nitrogens with zero attached hydrogens (tertiary/aromatic N) is 1. The Labute approximate surface area is 117 Å². The van der Waals surface area contributed by atoms with Crippen LogP contribution in [0.1, 0.15) is 26.5 Å². The Morgan fingerprint density at radius 2 is 2.20 bits per heavy atom. The van der Waals surface area contributed by atoms with E-state index < -0.39 is 17.7 Å². The standard InChI is InChI=1S/C12H9ClFN3O3/c13-7-3-1-2-6(8(7)14)4-15-11(18)9-10(12(19)20)17-5-16-9/h1-3,5H,4H2,(H,15,18)(H,16,17)(H,19,20).